The van der Waals surface area contributed by atoms with Crippen molar-refractivity contribution in [3.63, 3.8) is 0 Å². The van der Waals surface area contributed by atoms with E-state index in [2.05, 4.69) is 22.3 Å². The average Bonchev–Trinajstić information content (AvgIpc) is 2.72. The number of amidine groups is 1. The monoisotopic (exact) mass is 181 g/mol. The van der Waals surface area contributed by atoms with Crippen LogP contribution in [0.5, 0.6) is 0 Å². The highest BCUT2D eigenvalue weighted by molar-refractivity contribution is 5.83. The number of nitrogens with zero attached hydrogens (tertiary/aromatic N) is 2. The van der Waals surface area contributed by atoms with Crippen LogP contribution in [0.1, 0.15) is 19.3 Å². The summed E-state index contributed by atoms with van der Waals surface area (Å²) >= 11 is 0. The lowest BCUT2D eigenvalue weighted by Crippen LogP contribution is -2.23. The Bertz CT molecular complexity index is 194. The summed E-state index contributed by atoms with van der Waals surface area (Å²) in [4.78, 5) is 6.79. The summed E-state index contributed by atoms with van der Waals surface area (Å²) in [5, 5.41) is 3.41. The maximum Gasteiger partial charge on any atom is 0.0987 e. The van der Waals surface area contributed by atoms with Crippen molar-refractivity contribution >= 4 is 5.84 Å². The number of rotatable bonds is 3. The maximum atomic E-state index is 4.50. The molecule has 2 aliphatic heterocycles. The van der Waals surface area contributed by atoms with Gasteiger partial charge in [-0.3, -0.25) is 4.99 Å². The Balaban J connectivity index is 1.72. The van der Waals surface area contributed by atoms with Gasteiger partial charge in [-0.15, -0.1) is 0 Å². The largest absolute Gasteiger partial charge is 0.362 e. The molecule has 0 amide bonds. The third-order valence-electron chi connectivity index (χ3n) is 3.11. The molecule has 1 saturated heterocycles. The minimum absolute atomic E-state index is 0.900. The Hall–Kier alpha value is -0.570. The van der Waals surface area contributed by atoms with Crippen LogP contribution < -0.4 is 5.32 Å². The molecule has 0 aromatic carbocycles. The number of aliphatic imine (C=N–C) groups is 1. The van der Waals surface area contributed by atoms with Crippen molar-refractivity contribution in [2.24, 2.45) is 10.9 Å². The first-order valence-corrected chi connectivity index (χ1v) is 5.31. The van der Waals surface area contributed by atoms with Gasteiger partial charge in [-0.1, -0.05) is 0 Å². The highest BCUT2D eigenvalue weighted by atomic mass is 15.2. The standard InChI is InChI=1S/C10H19N3/c1-13-7-6-12-10(13)3-2-9-4-5-11-8-9/h9,11H,2-8H2,1H3. The third-order valence-corrected chi connectivity index (χ3v) is 3.11. The summed E-state index contributed by atoms with van der Waals surface area (Å²) in [6, 6.07) is 0. The molecule has 0 spiro atoms. The lowest BCUT2D eigenvalue weighted by Gasteiger charge is -2.15. The molecule has 0 radical (unpaired) electrons. The fraction of sp³-hybridized carbons (Fsp3) is 0.900. The van der Waals surface area contributed by atoms with Gasteiger partial charge in [-0.25, -0.2) is 0 Å². The molecule has 0 aromatic heterocycles. The normalized spacial score (nSPS) is 28.2. The van der Waals surface area contributed by atoms with E-state index >= 15 is 0 Å². The smallest absolute Gasteiger partial charge is 0.0987 e. The van der Waals surface area contributed by atoms with E-state index < -0.39 is 0 Å². The van der Waals surface area contributed by atoms with Crippen LogP contribution in [0.4, 0.5) is 0 Å². The van der Waals surface area contributed by atoms with Crippen LogP contribution in [0.3, 0.4) is 0 Å². The van der Waals surface area contributed by atoms with Crippen LogP contribution in [-0.2, 0) is 0 Å². The molecule has 13 heavy (non-hydrogen) atoms. The Morgan fingerprint density at radius 3 is 3.15 bits per heavy atom. The lowest BCUT2D eigenvalue weighted by atomic mass is 10.0. The fourth-order valence-corrected chi connectivity index (χ4v) is 2.14. The summed E-state index contributed by atoms with van der Waals surface area (Å²) in [5.41, 5.74) is 0. The summed E-state index contributed by atoms with van der Waals surface area (Å²) in [5.74, 6) is 2.23. The van der Waals surface area contributed by atoms with Gasteiger partial charge >= 0.3 is 0 Å². The van der Waals surface area contributed by atoms with Gasteiger partial charge in [0.25, 0.3) is 0 Å². The lowest BCUT2D eigenvalue weighted by molar-refractivity contribution is 0.506. The number of hydrogen-bond donors (Lipinski definition) is 1. The summed E-state index contributed by atoms with van der Waals surface area (Å²) in [6.45, 7) is 4.57. The first-order chi connectivity index (χ1) is 6.36. The van der Waals surface area contributed by atoms with Gasteiger partial charge in [0.05, 0.1) is 12.4 Å². The zero-order valence-electron chi connectivity index (χ0n) is 8.42. The van der Waals surface area contributed by atoms with Crippen LogP contribution in [0.15, 0.2) is 4.99 Å². The van der Waals surface area contributed by atoms with Gasteiger partial charge in [-0.05, 0) is 31.8 Å². The molecular formula is C10H19N3. The zero-order valence-corrected chi connectivity index (χ0v) is 8.42. The second kappa shape index (κ2) is 4.09. The van der Waals surface area contributed by atoms with Crippen molar-refractivity contribution in [3.05, 3.63) is 0 Å². The van der Waals surface area contributed by atoms with Crippen molar-refractivity contribution in [2.75, 3.05) is 33.2 Å². The summed E-state index contributed by atoms with van der Waals surface area (Å²) in [6.07, 6.45) is 3.86. The zero-order chi connectivity index (χ0) is 9.10. The maximum absolute atomic E-state index is 4.50. The number of hydrogen-bond acceptors (Lipinski definition) is 3. The first-order valence-electron chi connectivity index (χ1n) is 5.31. The number of nitrogens with one attached hydrogen (secondary N) is 1. The van der Waals surface area contributed by atoms with Crippen molar-refractivity contribution in [1.29, 1.82) is 0 Å². The summed E-state index contributed by atoms with van der Waals surface area (Å²) in [7, 11) is 2.15. The van der Waals surface area contributed by atoms with Crippen LogP contribution >= 0.6 is 0 Å². The van der Waals surface area contributed by atoms with Crippen LogP contribution in [-0.4, -0.2) is 44.0 Å². The molecule has 2 aliphatic rings. The van der Waals surface area contributed by atoms with E-state index in [1.165, 1.54) is 38.2 Å². The molecule has 2 heterocycles. The molecule has 0 bridgehead atoms. The van der Waals surface area contributed by atoms with E-state index in [0.717, 1.165) is 19.0 Å². The highest BCUT2D eigenvalue weighted by Crippen LogP contribution is 2.16. The van der Waals surface area contributed by atoms with Gasteiger partial charge in [0.2, 0.25) is 0 Å². The molecule has 0 aromatic rings. The Morgan fingerprint density at radius 2 is 2.54 bits per heavy atom. The van der Waals surface area contributed by atoms with E-state index in [1.807, 2.05) is 0 Å². The molecule has 1 N–H and O–H groups in total. The molecule has 2 rings (SSSR count). The van der Waals surface area contributed by atoms with Crippen molar-refractivity contribution < 1.29 is 0 Å². The van der Waals surface area contributed by atoms with E-state index in [-0.39, 0.29) is 0 Å². The van der Waals surface area contributed by atoms with E-state index in [1.54, 1.807) is 0 Å². The van der Waals surface area contributed by atoms with Crippen LogP contribution in [0, 0.1) is 5.92 Å². The minimum atomic E-state index is 0.900. The topological polar surface area (TPSA) is 27.6 Å². The van der Waals surface area contributed by atoms with Gasteiger partial charge < -0.3 is 10.2 Å². The van der Waals surface area contributed by atoms with Gasteiger partial charge in [0.15, 0.2) is 0 Å². The van der Waals surface area contributed by atoms with Crippen LogP contribution in [0.25, 0.3) is 0 Å². The van der Waals surface area contributed by atoms with E-state index in [0.29, 0.717) is 0 Å². The first kappa shape index (κ1) is 9.00. The predicted octanol–water partition coefficient (Wildman–Crippen LogP) is 0.720. The third kappa shape index (κ3) is 2.21. The molecule has 1 unspecified atom stereocenters. The Morgan fingerprint density at radius 1 is 1.62 bits per heavy atom. The second-order valence-electron chi connectivity index (χ2n) is 4.12. The van der Waals surface area contributed by atoms with Gasteiger partial charge in [-0.2, -0.15) is 0 Å². The minimum Gasteiger partial charge on any atom is -0.362 e. The van der Waals surface area contributed by atoms with E-state index in [4.69, 9.17) is 0 Å². The summed E-state index contributed by atoms with van der Waals surface area (Å²) < 4.78 is 0. The average molecular weight is 181 g/mol. The number of likely N-dealkylation sites (N-methyl/N-ethyl adjacent to an activating group) is 1. The molecule has 0 aliphatic carbocycles. The van der Waals surface area contributed by atoms with Crippen molar-refractivity contribution in [3.8, 4) is 0 Å². The fourth-order valence-electron chi connectivity index (χ4n) is 2.14. The molecule has 1 fully saturated rings. The quantitative estimate of drug-likeness (QED) is 0.694. The molecule has 74 valence electrons. The second-order valence-corrected chi connectivity index (χ2v) is 4.12. The van der Waals surface area contributed by atoms with Crippen molar-refractivity contribution in [1.82, 2.24) is 10.2 Å². The molecule has 1 atom stereocenters. The van der Waals surface area contributed by atoms with Gasteiger partial charge in [0.1, 0.15) is 0 Å². The molecule has 3 nitrogen and oxygen atoms in total. The predicted molar refractivity (Wildman–Crippen MR) is 55.1 cm³/mol. The SMILES string of the molecule is CN1CCN=C1CCC1CCNC1. The molecule has 0 saturated carbocycles. The Kier molecular flexibility index (Phi) is 2.83. The molecule has 3 heteroatoms. The molecular weight excluding hydrogens is 162 g/mol. The van der Waals surface area contributed by atoms with Crippen LogP contribution in [0.2, 0.25) is 0 Å². The Labute approximate surface area is 80.2 Å². The highest BCUT2D eigenvalue weighted by Gasteiger charge is 2.17. The van der Waals surface area contributed by atoms with Gasteiger partial charge in [0, 0.05) is 20.0 Å². The van der Waals surface area contributed by atoms with E-state index in [9.17, 15) is 0 Å². The van der Waals surface area contributed by atoms with Crippen molar-refractivity contribution in [2.45, 2.75) is 19.3 Å².